The van der Waals surface area contributed by atoms with Gasteiger partial charge in [0, 0.05) is 24.0 Å². The lowest BCUT2D eigenvalue weighted by Gasteiger charge is -2.01. The molecule has 0 bridgehead atoms. The van der Waals surface area contributed by atoms with Crippen molar-refractivity contribution in [3.63, 3.8) is 0 Å². The molecule has 0 fully saturated rings. The van der Waals surface area contributed by atoms with E-state index in [1.165, 1.54) is 11.6 Å². The molecular formula is C12H11NO. The summed E-state index contributed by atoms with van der Waals surface area (Å²) in [7, 11) is 0. The van der Waals surface area contributed by atoms with Gasteiger partial charge in [-0.1, -0.05) is 23.8 Å². The summed E-state index contributed by atoms with van der Waals surface area (Å²) in [6.45, 7) is 2.03. The van der Waals surface area contributed by atoms with Crippen LogP contribution in [0.25, 0.3) is 11.3 Å². The van der Waals surface area contributed by atoms with E-state index in [4.69, 9.17) is 0 Å². The number of aromatic amines is 1. The van der Waals surface area contributed by atoms with Crippen LogP contribution in [0.2, 0.25) is 0 Å². The molecule has 0 atom stereocenters. The summed E-state index contributed by atoms with van der Waals surface area (Å²) in [4.78, 5) is 14.2. The van der Waals surface area contributed by atoms with Crippen LogP contribution in [0.15, 0.2) is 47.4 Å². The molecule has 0 aliphatic heterocycles. The molecule has 0 saturated heterocycles. The first kappa shape index (κ1) is 8.75. The minimum Gasteiger partial charge on any atom is -0.361 e. The number of nitrogens with one attached hydrogen (secondary N) is 1. The lowest BCUT2D eigenvalue weighted by Crippen LogP contribution is -1.97. The number of pyridine rings is 1. The van der Waals surface area contributed by atoms with Gasteiger partial charge in [-0.15, -0.1) is 0 Å². The highest BCUT2D eigenvalue weighted by Crippen LogP contribution is 2.15. The summed E-state index contributed by atoms with van der Waals surface area (Å²) in [6.07, 6.45) is 1.67. The van der Waals surface area contributed by atoms with Gasteiger partial charge in [0.25, 0.3) is 0 Å². The molecule has 2 nitrogen and oxygen atoms in total. The highest BCUT2D eigenvalue weighted by Gasteiger charge is 1.97. The van der Waals surface area contributed by atoms with E-state index >= 15 is 0 Å². The lowest BCUT2D eigenvalue weighted by atomic mass is 10.1. The zero-order chi connectivity index (χ0) is 9.97. The Morgan fingerprint density at radius 3 is 2.71 bits per heavy atom. The molecule has 2 heteroatoms. The zero-order valence-electron chi connectivity index (χ0n) is 7.95. The standard InChI is InChI=1S/C12H11NO/c1-9-3-2-4-10(7-9)12-8-11(14)5-6-13-12/h2-8H,1H3,(H,13,14). The van der Waals surface area contributed by atoms with Gasteiger partial charge in [0.2, 0.25) is 0 Å². The highest BCUT2D eigenvalue weighted by molar-refractivity contribution is 5.59. The Labute approximate surface area is 82.2 Å². The third kappa shape index (κ3) is 1.74. The normalized spacial score (nSPS) is 10.1. The molecule has 1 aromatic carbocycles. The summed E-state index contributed by atoms with van der Waals surface area (Å²) in [5, 5.41) is 0. The van der Waals surface area contributed by atoms with Crippen LogP contribution in [0.1, 0.15) is 5.56 Å². The SMILES string of the molecule is Cc1cccc(-c2cc(=O)cc[nH]2)c1. The molecular weight excluding hydrogens is 174 g/mol. The van der Waals surface area contributed by atoms with Crippen molar-refractivity contribution in [2.75, 3.05) is 0 Å². The maximum Gasteiger partial charge on any atom is 0.182 e. The number of hydrogen-bond donors (Lipinski definition) is 1. The van der Waals surface area contributed by atoms with Crippen LogP contribution < -0.4 is 5.43 Å². The number of aryl methyl sites for hydroxylation is 1. The van der Waals surface area contributed by atoms with Gasteiger partial charge < -0.3 is 4.98 Å². The maximum absolute atomic E-state index is 11.1. The summed E-state index contributed by atoms with van der Waals surface area (Å²) < 4.78 is 0. The van der Waals surface area contributed by atoms with Crippen molar-refractivity contribution in [3.8, 4) is 11.3 Å². The fraction of sp³-hybridized carbons (Fsp3) is 0.0833. The third-order valence-electron chi connectivity index (χ3n) is 2.10. The molecule has 0 unspecified atom stereocenters. The molecule has 2 rings (SSSR count). The summed E-state index contributed by atoms with van der Waals surface area (Å²) >= 11 is 0. The summed E-state index contributed by atoms with van der Waals surface area (Å²) in [5.41, 5.74) is 3.12. The average molecular weight is 185 g/mol. The van der Waals surface area contributed by atoms with Crippen molar-refractivity contribution in [1.29, 1.82) is 0 Å². The van der Waals surface area contributed by atoms with E-state index < -0.39 is 0 Å². The molecule has 1 heterocycles. The van der Waals surface area contributed by atoms with Crippen LogP contribution in [-0.2, 0) is 0 Å². The van der Waals surface area contributed by atoms with Crippen LogP contribution in [0.4, 0.5) is 0 Å². The van der Waals surface area contributed by atoms with Crippen molar-refractivity contribution in [2.45, 2.75) is 6.92 Å². The van der Waals surface area contributed by atoms with Gasteiger partial charge >= 0.3 is 0 Å². The van der Waals surface area contributed by atoms with E-state index in [9.17, 15) is 4.79 Å². The van der Waals surface area contributed by atoms with Crippen molar-refractivity contribution < 1.29 is 0 Å². The second-order valence-electron chi connectivity index (χ2n) is 3.31. The smallest absolute Gasteiger partial charge is 0.182 e. The number of rotatable bonds is 1. The van der Waals surface area contributed by atoms with E-state index in [2.05, 4.69) is 4.98 Å². The van der Waals surface area contributed by atoms with Crippen LogP contribution in [0, 0.1) is 6.92 Å². The monoisotopic (exact) mass is 185 g/mol. The van der Waals surface area contributed by atoms with E-state index in [0.29, 0.717) is 0 Å². The Balaban J connectivity index is 2.55. The van der Waals surface area contributed by atoms with Crippen molar-refractivity contribution in [3.05, 3.63) is 58.4 Å². The van der Waals surface area contributed by atoms with Gasteiger partial charge in [0.1, 0.15) is 0 Å². The van der Waals surface area contributed by atoms with Gasteiger partial charge in [0.05, 0.1) is 0 Å². The molecule has 70 valence electrons. The Hall–Kier alpha value is -1.83. The molecule has 0 radical (unpaired) electrons. The predicted octanol–water partition coefficient (Wildman–Crippen LogP) is 2.35. The van der Waals surface area contributed by atoms with Crippen LogP contribution in [-0.4, -0.2) is 4.98 Å². The van der Waals surface area contributed by atoms with Gasteiger partial charge in [-0.25, -0.2) is 0 Å². The zero-order valence-corrected chi connectivity index (χ0v) is 7.95. The Bertz CT molecular complexity index is 499. The molecule has 2 aromatic rings. The van der Waals surface area contributed by atoms with Gasteiger partial charge in [-0.2, -0.15) is 0 Å². The number of H-pyrrole nitrogens is 1. The minimum atomic E-state index is 0.0280. The van der Waals surface area contributed by atoms with Crippen LogP contribution in [0.5, 0.6) is 0 Å². The third-order valence-corrected chi connectivity index (χ3v) is 2.10. The second kappa shape index (κ2) is 3.50. The fourth-order valence-corrected chi connectivity index (χ4v) is 1.42. The van der Waals surface area contributed by atoms with Gasteiger partial charge in [0.15, 0.2) is 5.43 Å². The van der Waals surface area contributed by atoms with Crippen molar-refractivity contribution >= 4 is 0 Å². The average Bonchev–Trinajstić information content (AvgIpc) is 2.18. The number of benzene rings is 1. The molecule has 1 aromatic heterocycles. The van der Waals surface area contributed by atoms with E-state index in [-0.39, 0.29) is 5.43 Å². The molecule has 1 N–H and O–H groups in total. The minimum absolute atomic E-state index is 0.0280. The first-order valence-corrected chi connectivity index (χ1v) is 4.51. The molecule has 0 aliphatic carbocycles. The molecule has 0 spiro atoms. The first-order valence-electron chi connectivity index (χ1n) is 4.51. The predicted molar refractivity (Wildman–Crippen MR) is 57.2 cm³/mol. The van der Waals surface area contributed by atoms with Gasteiger partial charge in [-0.05, 0) is 18.6 Å². The number of hydrogen-bond acceptors (Lipinski definition) is 1. The van der Waals surface area contributed by atoms with E-state index in [0.717, 1.165) is 11.3 Å². The molecule has 0 amide bonds. The van der Waals surface area contributed by atoms with Gasteiger partial charge in [-0.3, -0.25) is 4.79 Å². The first-order chi connectivity index (χ1) is 6.75. The largest absolute Gasteiger partial charge is 0.361 e. The molecule has 14 heavy (non-hydrogen) atoms. The summed E-state index contributed by atoms with van der Waals surface area (Å²) in [5.74, 6) is 0. The van der Waals surface area contributed by atoms with E-state index in [1.807, 2.05) is 31.2 Å². The topological polar surface area (TPSA) is 32.9 Å². The van der Waals surface area contributed by atoms with Crippen LogP contribution >= 0.6 is 0 Å². The Kier molecular flexibility index (Phi) is 2.19. The Morgan fingerprint density at radius 1 is 1.14 bits per heavy atom. The molecule has 0 saturated carbocycles. The summed E-state index contributed by atoms with van der Waals surface area (Å²) in [6, 6.07) is 11.2. The molecule has 0 aliphatic rings. The lowest BCUT2D eigenvalue weighted by molar-refractivity contribution is 1.30. The van der Waals surface area contributed by atoms with Crippen LogP contribution in [0.3, 0.4) is 0 Å². The maximum atomic E-state index is 11.1. The number of aromatic nitrogens is 1. The van der Waals surface area contributed by atoms with Crippen molar-refractivity contribution in [1.82, 2.24) is 4.98 Å². The van der Waals surface area contributed by atoms with Crippen molar-refractivity contribution in [2.24, 2.45) is 0 Å². The fourth-order valence-electron chi connectivity index (χ4n) is 1.42. The van der Waals surface area contributed by atoms with E-state index in [1.54, 1.807) is 12.3 Å². The Morgan fingerprint density at radius 2 is 2.00 bits per heavy atom. The second-order valence-corrected chi connectivity index (χ2v) is 3.31. The quantitative estimate of drug-likeness (QED) is 0.726. The highest BCUT2D eigenvalue weighted by atomic mass is 16.1.